The van der Waals surface area contributed by atoms with Crippen LogP contribution in [-0.4, -0.2) is 53.3 Å². The maximum Gasteiger partial charge on any atom is 0.254 e. The molecule has 4 unspecified atom stereocenters. The lowest BCUT2D eigenvalue weighted by Gasteiger charge is -2.62. The average Bonchev–Trinajstić information content (AvgIpc) is 3.23. The van der Waals surface area contributed by atoms with Crippen LogP contribution in [0.4, 0.5) is 0 Å². The Bertz CT molecular complexity index is 1650. The molecule has 1 amide bonds. The minimum atomic E-state index is -3.39. The van der Waals surface area contributed by atoms with E-state index in [1.54, 1.807) is 24.8 Å². The minimum Gasteiger partial charge on any atom is -0.357 e. The molecule has 0 radical (unpaired) electrons. The quantitative estimate of drug-likeness (QED) is 0.271. The molecule has 9 heteroatoms. The molecule has 0 spiro atoms. The summed E-state index contributed by atoms with van der Waals surface area (Å²) in [6.45, 7) is 7.60. The highest BCUT2D eigenvalue weighted by atomic mass is 32.2. The summed E-state index contributed by atoms with van der Waals surface area (Å²) >= 11 is 0. The maximum absolute atomic E-state index is 14.7. The Morgan fingerprint density at radius 1 is 0.955 bits per heavy atom. The number of nitrogens with zero attached hydrogens (tertiary/aromatic N) is 3. The van der Waals surface area contributed by atoms with Gasteiger partial charge in [0.05, 0.1) is 4.90 Å². The molecule has 44 heavy (non-hydrogen) atoms. The molecule has 1 aromatic carbocycles. The number of amides is 1. The lowest BCUT2D eigenvalue weighted by molar-refractivity contribution is -0.142. The predicted octanol–water partition coefficient (Wildman–Crippen LogP) is 4.88. The van der Waals surface area contributed by atoms with Crippen LogP contribution in [-0.2, 0) is 27.5 Å². The van der Waals surface area contributed by atoms with Gasteiger partial charge in [-0.15, -0.1) is 0 Å². The van der Waals surface area contributed by atoms with Gasteiger partial charge >= 0.3 is 0 Å². The summed E-state index contributed by atoms with van der Waals surface area (Å²) in [6, 6.07) is 13.6. The van der Waals surface area contributed by atoms with Gasteiger partial charge in [0.15, 0.2) is 15.6 Å². The van der Waals surface area contributed by atoms with Crippen molar-refractivity contribution in [3.63, 3.8) is 0 Å². The van der Waals surface area contributed by atoms with Crippen LogP contribution in [0.3, 0.4) is 0 Å². The summed E-state index contributed by atoms with van der Waals surface area (Å²) in [5.41, 5.74) is 1.59. The van der Waals surface area contributed by atoms with Crippen LogP contribution in [0.5, 0.6) is 0 Å². The second kappa shape index (κ2) is 11.3. The molecule has 7 rings (SSSR count). The number of nitrogens with one attached hydrogen (secondary N) is 1. The molecule has 1 aliphatic heterocycles. The Morgan fingerprint density at radius 2 is 1.52 bits per heavy atom. The molecule has 230 valence electrons. The van der Waals surface area contributed by atoms with E-state index < -0.39 is 15.4 Å². The normalized spacial score (nSPS) is 26.2. The van der Waals surface area contributed by atoms with Crippen molar-refractivity contribution in [2.75, 3.05) is 12.8 Å². The molecular formula is C35H40N4O4S. The van der Waals surface area contributed by atoms with Crippen LogP contribution in [0.15, 0.2) is 90.1 Å². The molecule has 4 aliphatic rings. The van der Waals surface area contributed by atoms with Crippen LogP contribution in [0, 0.1) is 29.1 Å². The first-order chi connectivity index (χ1) is 20.9. The number of aromatic nitrogens is 2. The van der Waals surface area contributed by atoms with Crippen LogP contribution < -0.4 is 5.32 Å². The number of carbonyl (C=O) groups excluding carboxylic acids is 2. The van der Waals surface area contributed by atoms with E-state index in [0.29, 0.717) is 59.9 Å². The van der Waals surface area contributed by atoms with Crippen molar-refractivity contribution < 1.29 is 18.0 Å². The first kappa shape index (κ1) is 30.2. The zero-order valence-electron chi connectivity index (χ0n) is 25.7. The minimum absolute atomic E-state index is 0.0525. The monoisotopic (exact) mass is 612 g/mol. The summed E-state index contributed by atoms with van der Waals surface area (Å²) in [6.07, 6.45) is 12.7. The molecule has 3 heterocycles. The van der Waals surface area contributed by atoms with Gasteiger partial charge in [0.25, 0.3) is 5.91 Å². The van der Waals surface area contributed by atoms with Crippen LogP contribution >= 0.6 is 0 Å². The Morgan fingerprint density at radius 3 is 2.02 bits per heavy atom. The van der Waals surface area contributed by atoms with Gasteiger partial charge in [0.1, 0.15) is 11.4 Å². The molecule has 2 bridgehead atoms. The molecule has 2 aromatic heterocycles. The Kier molecular flexibility index (Phi) is 7.72. The standard InChI is InChI=1S/C35H40N4O4S/c1-23-27(17-28-18-30(23)34(28,2)3)22-39-32(19-31(40)26-5-7-29(8-6-26)44(4,42)43)38-35(33(39)41,20-24-9-13-36-14-10-24)21-25-11-15-37-16-12-25/h5-16,19,23,27-28,30,38H,17-18,20-22H2,1-4H3/b32-19-. The first-order valence-corrected chi connectivity index (χ1v) is 17.2. The van der Waals surface area contributed by atoms with E-state index in [0.717, 1.165) is 23.8 Å². The fourth-order valence-corrected chi connectivity index (χ4v) is 8.47. The van der Waals surface area contributed by atoms with Crippen LogP contribution in [0.1, 0.15) is 55.1 Å². The largest absolute Gasteiger partial charge is 0.357 e. The molecule has 3 aromatic rings. The van der Waals surface area contributed by atoms with Gasteiger partial charge in [-0.1, -0.05) is 20.8 Å². The maximum atomic E-state index is 14.7. The highest BCUT2D eigenvalue weighted by Gasteiger charge is 2.57. The first-order valence-electron chi connectivity index (χ1n) is 15.3. The van der Waals surface area contributed by atoms with Crippen molar-refractivity contribution >= 4 is 21.5 Å². The number of benzene rings is 1. The van der Waals surface area contributed by atoms with Gasteiger partial charge in [-0.25, -0.2) is 8.42 Å². The third kappa shape index (κ3) is 5.58. The van der Waals surface area contributed by atoms with Gasteiger partial charge < -0.3 is 5.32 Å². The number of pyridine rings is 2. The lowest BCUT2D eigenvalue weighted by Crippen LogP contribution is -2.57. The Balaban J connectivity index is 1.38. The third-order valence-electron chi connectivity index (χ3n) is 10.6. The molecule has 4 atom stereocenters. The van der Waals surface area contributed by atoms with Crippen molar-refractivity contribution in [2.24, 2.45) is 29.1 Å². The number of hydrogen-bond donors (Lipinski definition) is 1. The van der Waals surface area contributed by atoms with E-state index in [4.69, 9.17) is 0 Å². The van der Waals surface area contributed by atoms with Crippen molar-refractivity contribution in [3.8, 4) is 0 Å². The summed E-state index contributed by atoms with van der Waals surface area (Å²) in [7, 11) is -3.39. The van der Waals surface area contributed by atoms with Crippen molar-refractivity contribution in [1.29, 1.82) is 0 Å². The number of fused-ring (bicyclic) bond motifs is 2. The molecule has 3 aliphatic carbocycles. The molecule has 8 nitrogen and oxygen atoms in total. The van der Waals surface area contributed by atoms with E-state index in [2.05, 4.69) is 36.1 Å². The lowest BCUT2D eigenvalue weighted by atomic mass is 9.43. The number of sulfone groups is 1. The van der Waals surface area contributed by atoms with Gasteiger partial charge in [-0.3, -0.25) is 24.5 Å². The molecule has 1 saturated heterocycles. The molecular weight excluding hydrogens is 572 g/mol. The number of hydrogen-bond acceptors (Lipinski definition) is 7. The van der Waals surface area contributed by atoms with E-state index in [-0.39, 0.29) is 16.6 Å². The Labute approximate surface area is 259 Å². The van der Waals surface area contributed by atoms with Crippen molar-refractivity contribution in [3.05, 3.63) is 102 Å². The molecule has 4 fully saturated rings. The SMILES string of the molecule is CC1C(CN2C(=O)C(Cc3ccncc3)(Cc3ccncc3)N/C2=C/C(=O)c2ccc(S(C)(=O)=O)cc2)CC2CC1C2(C)C. The second-order valence-electron chi connectivity index (χ2n) is 13.6. The van der Waals surface area contributed by atoms with Crippen LogP contribution in [0.25, 0.3) is 0 Å². The van der Waals surface area contributed by atoms with Gasteiger partial charge in [0.2, 0.25) is 0 Å². The van der Waals surface area contributed by atoms with Gasteiger partial charge in [-0.2, -0.15) is 0 Å². The van der Waals surface area contributed by atoms with Crippen molar-refractivity contribution in [1.82, 2.24) is 20.2 Å². The number of carbonyl (C=O) groups is 2. The third-order valence-corrected chi connectivity index (χ3v) is 11.7. The zero-order valence-corrected chi connectivity index (χ0v) is 26.5. The summed E-state index contributed by atoms with van der Waals surface area (Å²) in [4.78, 5) is 38.6. The van der Waals surface area contributed by atoms with Gasteiger partial charge in [-0.05, 0) is 102 Å². The summed E-state index contributed by atoms with van der Waals surface area (Å²) < 4.78 is 23.9. The molecule has 1 N–H and O–H groups in total. The highest BCUT2D eigenvalue weighted by Crippen LogP contribution is 2.63. The van der Waals surface area contributed by atoms with Crippen LogP contribution in [0.2, 0.25) is 0 Å². The average molecular weight is 613 g/mol. The summed E-state index contributed by atoms with van der Waals surface area (Å²) in [5.74, 6) is 2.18. The Hall–Kier alpha value is -3.85. The van der Waals surface area contributed by atoms with Crippen molar-refractivity contribution in [2.45, 2.75) is 56.9 Å². The molecule has 3 saturated carbocycles. The second-order valence-corrected chi connectivity index (χ2v) is 15.6. The number of allylic oxidation sites excluding steroid dienone is 1. The topological polar surface area (TPSA) is 109 Å². The number of ketones is 1. The predicted molar refractivity (Wildman–Crippen MR) is 168 cm³/mol. The fraction of sp³-hybridized carbons (Fsp3) is 0.429. The summed E-state index contributed by atoms with van der Waals surface area (Å²) in [5, 5.41) is 3.56. The van der Waals surface area contributed by atoms with E-state index in [9.17, 15) is 18.0 Å². The smallest absolute Gasteiger partial charge is 0.254 e. The number of rotatable bonds is 9. The van der Waals surface area contributed by atoms with Gasteiger partial charge in [0, 0.05) is 62.1 Å². The zero-order chi connectivity index (χ0) is 31.3. The van der Waals surface area contributed by atoms with E-state index in [1.807, 2.05) is 29.2 Å². The van der Waals surface area contributed by atoms with E-state index in [1.165, 1.54) is 36.8 Å². The highest BCUT2D eigenvalue weighted by molar-refractivity contribution is 7.90. The van der Waals surface area contributed by atoms with E-state index >= 15 is 0 Å². The fourth-order valence-electron chi connectivity index (χ4n) is 7.84.